The number of hydrogen-bond donors (Lipinski definition) is 1. The van der Waals surface area contributed by atoms with Crippen LogP contribution >= 0.6 is 0 Å². The molecule has 4 heteroatoms. The van der Waals surface area contributed by atoms with Crippen molar-refractivity contribution in [3.05, 3.63) is 0 Å². The van der Waals surface area contributed by atoms with Gasteiger partial charge in [-0.1, -0.05) is 6.42 Å². The average molecular weight is 251 g/mol. The van der Waals surface area contributed by atoms with E-state index in [0.717, 1.165) is 45.6 Å². The van der Waals surface area contributed by atoms with E-state index in [4.69, 9.17) is 0 Å². The fourth-order valence-electron chi connectivity index (χ4n) is 3.68. The number of amides is 1. The van der Waals surface area contributed by atoms with Crippen molar-refractivity contribution in [2.45, 2.75) is 38.1 Å². The van der Waals surface area contributed by atoms with Crippen molar-refractivity contribution in [3.8, 4) is 0 Å². The van der Waals surface area contributed by atoms with Gasteiger partial charge in [-0.15, -0.1) is 0 Å². The summed E-state index contributed by atoms with van der Waals surface area (Å²) in [5, 5.41) is 3.34. The molecule has 0 spiro atoms. The third kappa shape index (κ3) is 2.54. The van der Waals surface area contributed by atoms with Crippen LogP contribution in [-0.4, -0.2) is 61.0 Å². The molecule has 0 radical (unpaired) electrons. The Morgan fingerprint density at radius 2 is 1.83 bits per heavy atom. The lowest BCUT2D eigenvalue weighted by atomic mass is 9.94. The first-order chi connectivity index (χ1) is 8.84. The van der Waals surface area contributed by atoms with Crippen molar-refractivity contribution in [1.29, 1.82) is 0 Å². The van der Waals surface area contributed by atoms with Crippen LogP contribution in [0.5, 0.6) is 0 Å². The molecule has 3 rings (SSSR count). The van der Waals surface area contributed by atoms with Crippen LogP contribution in [0.15, 0.2) is 0 Å². The predicted molar refractivity (Wildman–Crippen MR) is 71.4 cm³/mol. The Morgan fingerprint density at radius 3 is 2.67 bits per heavy atom. The van der Waals surface area contributed by atoms with Crippen LogP contribution in [0, 0.1) is 5.92 Å². The number of fused-ring (bicyclic) bond motifs is 1. The Balaban J connectivity index is 1.57. The molecular formula is C14H25N3O. The normalized spacial score (nSPS) is 31.1. The summed E-state index contributed by atoms with van der Waals surface area (Å²) in [6.45, 7) is 6.32. The van der Waals surface area contributed by atoms with Crippen LogP contribution < -0.4 is 5.32 Å². The maximum Gasteiger partial charge on any atom is 0.225 e. The highest BCUT2D eigenvalue weighted by Crippen LogP contribution is 2.23. The molecule has 3 saturated heterocycles. The summed E-state index contributed by atoms with van der Waals surface area (Å²) in [7, 11) is 0. The Hall–Kier alpha value is -0.610. The van der Waals surface area contributed by atoms with Gasteiger partial charge in [0.05, 0.1) is 0 Å². The van der Waals surface area contributed by atoms with Crippen LogP contribution in [0.2, 0.25) is 0 Å². The van der Waals surface area contributed by atoms with Gasteiger partial charge in [0.2, 0.25) is 5.91 Å². The predicted octanol–water partition coefficient (Wildman–Crippen LogP) is 0.683. The molecule has 0 aliphatic carbocycles. The Bertz CT molecular complexity index is 301. The van der Waals surface area contributed by atoms with E-state index in [1.54, 1.807) is 0 Å². The summed E-state index contributed by atoms with van der Waals surface area (Å²) >= 11 is 0. The monoisotopic (exact) mass is 251 g/mol. The quantitative estimate of drug-likeness (QED) is 0.744. The number of nitrogens with one attached hydrogen (secondary N) is 1. The van der Waals surface area contributed by atoms with Crippen molar-refractivity contribution in [1.82, 2.24) is 15.1 Å². The molecule has 0 bridgehead atoms. The van der Waals surface area contributed by atoms with Gasteiger partial charge in [0.1, 0.15) is 0 Å². The lowest BCUT2D eigenvalue weighted by Crippen LogP contribution is -2.57. The number of piperazine rings is 1. The zero-order valence-corrected chi connectivity index (χ0v) is 11.2. The largest absolute Gasteiger partial charge is 0.340 e. The van der Waals surface area contributed by atoms with Gasteiger partial charge in [-0.2, -0.15) is 0 Å². The molecule has 4 nitrogen and oxygen atoms in total. The molecule has 0 aromatic carbocycles. The van der Waals surface area contributed by atoms with Gasteiger partial charge >= 0.3 is 0 Å². The third-order valence-corrected chi connectivity index (χ3v) is 4.84. The van der Waals surface area contributed by atoms with Crippen LogP contribution in [0.4, 0.5) is 0 Å². The number of nitrogens with zero attached hydrogens (tertiary/aromatic N) is 2. The molecule has 3 aliphatic rings. The second kappa shape index (κ2) is 5.57. The number of carbonyl (C=O) groups is 1. The van der Waals surface area contributed by atoms with Crippen LogP contribution in [0.1, 0.15) is 32.1 Å². The van der Waals surface area contributed by atoms with E-state index in [2.05, 4.69) is 15.1 Å². The number of rotatable bonds is 1. The van der Waals surface area contributed by atoms with Gasteiger partial charge in [-0.25, -0.2) is 0 Å². The molecule has 0 saturated carbocycles. The first-order valence-electron chi connectivity index (χ1n) is 7.58. The van der Waals surface area contributed by atoms with Gasteiger partial charge < -0.3 is 10.2 Å². The molecule has 0 aromatic rings. The van der Waals surface area contributed by atoms with Crippen molar-refractivity contribution >= 4 is 5.91 Å². The molecule has 1 N–H and O–H groups in total. The van der Waals surface area contributed by atoms with Crippen molar-refractivity contribution in [2.75, 3.05) is 39.3 Å². The number of hydrogen-bond acceptors (Lipinski definition) is 3. The molecular weight excluding hydrogens is 226 g/mol. The summed E-state index contributed by atoms with van der Waals surface area (Å²) in [6, 6.07) is 0.651. The first-order valence-corrected chi connectivity index (χ1v) is 7.58. The third-order valence-electron chi connectivity index (χ3n) is 4.84. The molecule has 3 fully saturated rings. The Morgan fingerprint density at radius 1 is 1.00 bits per heavy atom. The lowest BCUT2D eigenvalue weighted by Gasteiger charge is -2.45. The molecule has 3 aliphatic heterocycles. The summed E-state index contributed by atoms with van der Waals surface area (Å²) in [5.74, 6) is 0.725. The zero-order chi connectivity index (χ0) is 12.4. The van der Waals surface area contributed by atoms with E-state index in [0.29, 0.717) is 17.9 Å². The maximum absolute atomic E-state index is 12.5. The summed E-state index contributed by atoms with van der Waals surface area (Å²) in [6.07, 6.45) is 6.04. The van der Waals surface area contributed by atoms with Gasteiger partial charge in [0, 0.05) is 31.6 Å². The average Bonchev–Trinajstić information content (AvgIpc) is 2.47. The Labute approximate surface area is 110 Å². The summed E-state index contributed by atoms with van der Waals surface area (Å²) < 4.78 is 0. The van der Waals surface area contributed by atoms with E-state index >= 15 is 0 Å². The second-order valence-corrected chi connectivity index (χ2v) is 5.99. The van der Waals surface area contributed by atoms with Crippen molar-refractivity contribution in [2.24, 2.45) is 5.92 Å². The highest BCUT2D eigenvalue weighted by molar-refractivity contribution is 5.79. The Kier molecular flexibility index (Phi) is 3.85. The number of carbonyl (C=O) groups excluding carboxylic acids is 1. The maximum atomic E-state index is 12.5. The van der Waals surface area contributed by atoms with Crippen molar-refractivity contribution < 1.29 is 4.79 Å². The lowest BCUT2D eigenvalue weighted by molar-refractivity contribution is -0.140. The van der Waals surface area contributed by atoms with E-state index in [1.165, 1.54) is 25.8 Å². The summed E-state index contributed by atoms with van der Waals surface area (Å²) in [4.78, 5) is 17.3. The van der Waals surface area contributed by atoms with E-state index in [1.807, 2.05) is 0 Å². The van der Waals surface area contributed by atoms with E-state index < -0.39 is 0 Å². The molecule has 1 atom stereocenters. The standard InChI is InChI=1S/C14H25N3O/c18-14(12-4-6-15-7-5-12)17-10-9-16-8-2-1-3-13(16)11-17/h12-13,15H,1-11H2. The van der Waals surface area contributed by atoms with Crippen molar-refractivity contribution in [3.63, 3.8) is 0 Å². The molecule has 102 valence electrons. The van der Waals surface area contributed by atoms with Crippen LogP contribution in [0.3, 0.4) is 0 Å². The molecule has 3 heterocycles. The second-order valence-electron chi connectivity index (χ2n) is 5.99. The highest BCUT2D eigenvalue weighted by Gasteiger charge is 2.33. The van der Waals surface area contributed by atoms with Gasteiger partial charge in [0.25, 0.3) is 0 Å². The fourth-order valence-corrected chi connectivity index (χ4v) is 3.68. The summed E-state index contributed by atoms with van der Waals surface area (Å²) in [5.41, 5.74) is 0. The fraction of sp³-hybridized carbons (Fsp3) is 0.929. The van der Waals surface area contributed by atoms with Crippen LogP contribution in [-0.2, 0) is 4.79 Å². The van der Waals surface area contributed by atoms with Gasteiger partial charge in [-0.3, -0.25) is 9.69 Å². The first kappa shape index (κ1) is 12.4. The molecule has 18 heavy (non-hydrogen) atoms. The van der Waals surface area contributed by atoms with E-state index in [-0.39, 0.29) is 0 Å². The van der Waals surface area contributed by atoms with Gasteiger partial charge in [-0.05, 0) is 45.3 Å². The number of piperidine rings is 2. The van der Waals surface area contributed by atoms with E-state index in [9.17, 15) is 4.79 Å². The molecule has 1 unspecified atom stereocenters. The minimum atomic E-state index is 0.293. The molecule has 0 aromatic heterocycles. The van der Waals surface area contributed by atoms with Crippen LogP contribution in [0.25, 0.3) is 0 Å². The van der Waals surface area contributed by atoms with Gasteiger partial charge in [0.15, 0.2) is 0 Å². The smallest absolute Gasteiger partial charge is 0.225 e. The zero-order valence-electron chi connectivity index (χ0n) is 11.2. The molecule has 1 amide bonds. The highest BCUT2D eigenvalue weighted by atomic mass is 16.2. The topological polar surface area (TPSA) is 35.6 Å². The SMILES string of the molecule is O=C(C1CCNCC1)N1CCN2CCCCC2C1. The minimum Gasteiger partial charge on any atom is -0.340 e. The minimum absolute atomic E-state index is 0.293.